The number of anilines is 1. The lowest BCUT2D eigenvalue weighted by Crippen LogP contribution is -2.41. The van der Waals surface area contributed by atoms with E-state index in [0.29, 0.717) is 48.5 Å². The number of esters is 1. The normalized spacial score (nSPS) is 14.2. The van der Waals surface area contributed by atoms with Crippen LogP contribution in [0.5, 0.6) is 5.75 Å². The van der Waals surface area contributed by atoms with Gasteiger partial charge < -0.3 is 19.7 Å². The zero-order valence-corrected chi connectivity index (χ0v) is 16.5. The molecule has 2 aromatic carbocycles. The number of hydrogen-bond donors (Lipinski definition) is 1. The van der Waals surface area contributed by atoms with Gasteiger partial charge in [0.15, 0.2) is 0 Å². The minimum absolute atomic E-state index is 0.0747. The first-order valence-corrected chi connectivity index (χ1v) is 9.45. The van der Waals surface area contributed by atoms with Crippen molar-refractivity contribution < 1.29 is 23.9 Å². The first-order chi connectivity index (χ1) is 14.0. The van der Waals surface area contributed by atoms with E-state index in [1.54, 1.807) is 42.3 Å². The van der Waals surface area contributed by atoms with Crippen LogP contribution in [0.1, 0.15) is 33.6 Å². The van der Waals surface area contributed by atoms with Gasteiger partial charge in [0.25, 0.3) is 5.91 Å². The minimum Gasteiger partial charge on any atom is -0.495 e. The summed E-state index contributed by atoms with van der Waals surface area (Å²) < 4.78 is 9.97. The van der Waals surface area contributed by atoms with Crippen LogP contribution in [0.3, 0.4) is 0 Å². The molecule has 2 amide bonds. The first-order valence-electron chi connectivity index (χ1n) is 9.45. The van der Waals surface area contributed by atoms with Crippen LogP contribution in [0.25, 0.3) is 0 Å². The van der Waals surface area contributed by atoms with E-state index in [-0.39, 0.29) is 17.7 Å². The van der Waals surface area contributed by atoms with Crippen LogP contribution in [0.4, 0.5) is 5.69 Å². The van der Waals surface area contributed by atoms with E-state index in [4.69, 9.17) is 9.47 Å². The van der Waals surface area contributed by atoms with Crippen molar-refractivity contribution in [2.75, 3.05) is 32.6 Å². The summed E-state index contributed by atoms with van der Waals surface area (Å²) in [6.45, 7) is 0.955. The van der Waals surface area contributed by atoms with Crippen LogP contribution in [-0.4, -0.2) is 50.0 Å². The summed E-state index contributed by atoms with van der Waals surface area (Å²) in [5.41, 5.74) is 1.41. The van der Waals surface area contributed by atoms with Gasteiger partial charge in [-0.05, 0) is 43.2 Å². The van der Waals surface area contributed by atoms with Gasteiger partial charge in [0.05, 0.1) is 25.5 Å². The Bertz CT molecular complexity index is 904. The maximum absolute atomic E-state index is 12.8. The van der Waals surface area contributed by atoms with Crippen LogP contribution >= 0.6 is 0 Å². The van der Waals surface area contributed by atoms with Crippen molar-refractivity contribution in [1.82, 2.24) is 4.90 Å². The third-order valence-electron chi connectivity index (χ3n) is 5.05. The average molecular weight is 396 g/mol. The van der Waals surface area contributed by atoms with Crippen LogP contribution in [0.2, 0.25) is 0 Å². The fourth-order valence-electron chi connectivity index (χ4n) is 3.41. The van der Waals surface area contributed by atoms with Crippen LogP contribution < -0.4 is 10.1 Å². The van der Waals surface area contributed by atoms with Crippen molar-refractivity contribution >= 4 is 23.5 Å². The Morgan fingerprint density at radius 1 is 0.966 bits per heavy atom. The molecule has 3 rings (SSSR count). The number of methoxy groups -OCH3 is 2. The standard InChI is InChI=1S/C22H24N2O5/c1-28-19-9-4-3-8-18(19)23-20(25)15-10-12-24(13-11-15)21(26)16-6-5-7-17(14-16)22(27)29-2/h3-9,14-15H,10-13H2,1-2H3,(H,23,25). The quantitative estimate of drug-likeness (QED) is 0.786. The molecule has 29 heavy (non-hydrogen) atoms. The smallest absolute Gasteiger partial charge is 0.337 e. The van der Waals surface area contributed by atoms with Crippen LogP contribution in [-0.2, 0) is 9.53 Å². The van der Waals surface area contributed by atoms with Gasteiger partial charge in [0, 0.05) is 24.6 Å². The number of ether oxygens (including phenoxy) is 2. The summed E-state index contributed by atoms with van der Waals surface area (Å²) in [6, 6.07) is 13.7. The molecule has 0 aliphatic carbocycles. The Labute approximate surface area is 169 Å². The van der Waals surface area contributed by atoms with Gasteiger partial charge in [-0.3, -0.25) is 9.59 Å². The van der Waals surface area contributed by atoms with E-state index in [9.17, 15) is 14.4 Å². The van der Waals surface area contributed by atoms with Crippen LogP contribution in [0, 0.1) is 5.92 Å². The molecular weight excluding hydrogens is 372 g/mol. The largest absolute Gasteiger partial charge is 0.495 e. The minimum atomic E-state index is -0.480. The molecule has 152 valence electrons. The van der Waals surface area contributed by atoms with E-state index in [1.807, 2.05) is 12.1 Å². The Balaban J connectivity index is 1.59. The molecule has 1 N–H and O–H groups in total. The first kappa shape index (κ1) is 20.4. The Morgan fingerprint density at radius 3 is 2.34 bits per heavy atom. The average Bonchev–Trinajstić information content (AvgIpc) is 2.78. The summed E-state index contributed by atoms with van der Waals surface area (Å²) in [7, 11) is 2.86. The molecule has 1 saturated heterocycles. The van der Waals surface area contributed by atoms with Gasteiger partial charge in [-0.25, -0.2) is 4.79 Å². The number of carbonyl (C=O) groups excluding carboxylic acids is 3. The number of carbonyl (C=O) groups is 3. The lowest BCUT2D eigenvalue weighted by molar-refractivity contribution is -0.121. The lowest BCUT2D eigenvalue weighted by atomic mass is 9.95. The van der Waals surface area contributed by atoms with E-state index < -0.39 is 5.97 Å². The van der Waals surface area contributed by atoms with Gasteiger partial charge in [0.2, 0.25) is 5.91 Å². The number of benzene rings is 2. The molecule has 0 spiro atoms. The molecule has 2 aromatic rings. The van der Waals surface area contributed by atoms with Gasteiger partial charge in [0.1, 0.15) is 5.75 Å². The zero-order chi connectivity index (χ0) is 20.8. The van der Waals surface area contributed by atoms with Gasteiger partial charge in [-0.1, -0.05) is 18.2 Å². The van der Waals surface area contributed by atoms with Gasteiger partial charge >= 0.3 is 5.97 Å². The van der Waals surface area contributed by atoms with E-state index >= 15 is 0 Å². The summed E-state index contributed by atoms with van der Waals surface area (Å²) in [5.74, 6) is -0.274. The number of piperidine rings is 1. The predicted molar refractivity (Wildman–Crippen MR) is 108 cm³/mol. The third-order valence-corrected chi connectivity index (χ3v) is 5.05. The molecule has 7 nitrogen and oxygen atoms in total. The number of nitrogens with zero attached hydrogens (tertiary/aromatic N) is 1. The van der Waals surface area contributed by atoms with Crippen LogP contribution in [0.15, 0.2) is 48.5 Å². The molecule has 0 unspecified atom stereocenters. The van der Waals surface area contributed by atoms with Crippen molar-refractivity contribution in [3.8, 4) is 5.75 Å². The number of rotatable bonds is 5. The number of nitrogens with one attached hydrogen (secondary N) is 1. The lowest BCUT2D eigenvalue weighted by Gasteiger charge is -2.31. The highest BCUT2D eigenvalue weighted by atomic mass is 16.5. The van der Waals surface area contributed by atoms with Gasteiger partial charge in [-0.15, -0.1) is 0 Å². The highest BCUT2D eigenvalue weighted by Crippen LogP contribution is 2.26. The third kappa shape index (κ3) is 4.74. The predicted octanol–water partition coefficient (Wildman–Crippen LogP) is 2.97. The van der Waals surface area contributed by atoms with E-state index in [1.165, 1.54) is 13.2 Å². The van der Waals surface area contributed by atoms with Crippen molar-refractivity contribution in [1.29, 1.82) is 0 Å². The molecule has 7 heteroatoms. The van der Waals surface area contributed by atoms with Gasteiger partial charge in [-0.2, -0.15) is 0 Å². The van der Waals surface area contributed by atoms with E-state index in [0.717, 1.165) is 0 Å². The second-order valence-electron chi connectivity index (χ2n) is 6.83. The molecular formula is C22H24N2O5. The summed E-state index contributed by atoms with van der Waals surface area (Å²) in [6.07, 6.45) is 1.15. The maximum atomic E-state index is 12.8. The monoisotopic (exact) mass is 396 g/mol. The Kier molecular flexibility index (Phi) is 6.49. The number of para-hydroxylation sites is 2. The Morgan fingerprint density at radius 2 is 1.66 bits per heavy atom. The number of likely N-dealkylation sites (tertiary alicyclic amines) is 1. The zero-order valence-electron chi connectivity index (χ0n) is 16.5. The molecule has 1 aliphatic heterocycles. The van der Waals surface area contributed by atoms with Crippen molar-refractivity contribution in [2.45, 2.75) is 12.8 Å². The topological polar surface area (TPSA) is 84.9 Å². The SMILES string of the molecule is COC(=O)c1cccc(C(=O)N2CCC(C(=O)Nc3ccccc3OC)CC2)c1. The van der Waals surface area contributed by atoms with E-state index in [2.05, 4.69) is 5.32 Å². The Hall–Kier alpha value is -3.35. The fraction of sp³-hybridized carbons (Fsp3) is 0.318. The second kappa shape index (κ2) is 9.23. The summed E-state index contributed by atoms with van der Waals surface area (Å²) in [5, 5.41) is 2.91. The summed E-state index contributed by atoms with van der Waals surface area (Å²) in [4.78, 5) is 38.8. The summed E-state index contributed by atoms with van der Waals surface area (Å²) >= 11 is 0. The highest BCUT2D eigenvalue weighted by molar-refractivity contribution is 5.98. The van der Waals surface area contributed by atoms with Crippen molar-refractivity contribution in [3.05, 3.63) is 59.7 Å². The molecule has 0 radical (unpaired) electrons. The molecule has 0 saturated carbocycles. The van der Waals surface area contributed by atoms with Crippen molar-refractivity contribution in [2.24, 2.45) is 5.92 Å². The number of amides is 2. The molecule has 0 aromatic heterocycles. The fourth-order valence-corrected chi connectivity index (χ4v) is 3.41. The second-order valence-corrected chi connectivity index (χ2v) is 6.83. The molecule has 0 atom stereocenters. The highest BCUT2D eigenvalue weighted by Gasteiger charge is 2.28. The molecule has 1 aliphatic rings. The van der Waals surface area contributed by atoms with Crippen molar-refractivity contribution in [3.63, 3.8) is 0 Å². The molecule has 0 bridgehead atoms. The molecule has 1 fully saturated rings. The number of hydrogen-bond acceptors (Lipinski definition) is 5. The maximum Gasteiger partial charge on any atom is 0.337 e. The molecule has 1 heterocycles.